The molecule has 0 unspecified atom stereocenters. The number of anilines is 3. The molecule has 0 bridgehead atoms. The van der Waals surface area contributed by atoms with Gasteiger partial charge in [-0.25, -0.2) is 22.3 Å². The van der Waals surface area contributed by atoms with Gasteiger partial charge in [0.1, 0.15) is 11.5 Å². The van der Waals surface area contributed by atoms with Crippen LogP contribution in [0, 0.1) is 17.5 Å². The summed E-state index contributed by atoms with van der Waals surface area (Å²) < 4.78 is 66.3. The number of nitrogens with zero attached hydrogens (tertiary/aromatic N) is 4. The first-order valence-corrected chi connectivity index (χ1v) is 10.7. The number of likely N-dealkylation sites (N-methyl/N-ethyl adjacent to an activating group) is 2. The Morgan fingerprint density at radius 3 is 2.16 bits per heavy atom. The molecule has 0 aromatic heterocycles. The van der Waals surface area contributed by atoms with Gasteiger partial charge in [0, 0.05) is 38.8 Å². The van der Waals surface area contributed by atoms with Crippen LogP contribution in [0.25, 0.3) is 0 Å². The van der Waals surface area contributed by atoms with E-state index in [4.69, 9.17) is 5.11 Å². The molecule has 170 valence electrons. The van der Waals surface area contributed by atoms with Crippen LogP contribution in [-0.4, -0.2) is 70.4 Å². The first-order chi connectivity index (χ1) is 14.5. The molecule has 0 saturated heterocycles. The second-order valence-corrected chi connectivity index (χ2v) is 8.89. The zero-order valence-electron chi connectivity index (χ0n) is 16.9. The molecule has 31 heavy (non-hydrogen) atoms. The van der Waals surface area contributed by atoms with E-state index in [1.165, 1.54) is 17.4 Å². The van der Waals surface area contributed by atoms with Gasteiger partial charge in [-0.2, -0.15) is 0 Å². The predicted octanol–water partition coefficient (Wildman–Crippen LogP) is 4.18. The molecule has 12 heteroatoms. The minimum atomic E-state index is -3.91. The van der Waals surface area contributed by atoms with Crippen molar-refractivity contribution in [3.8, 4) is 0 Å². The number of benzene rings is 2. The Hall–Kier alpha value is -2.67. The van der Waals surface area contributed by atoms with Crippen LogP contribution in [0.1, 0.15) is 0 Å². The summed E-state index contributed by atoms with van der Waals surface area (Å²) in [4.78, 5) is 13.8. The number of fused-ring (bicyclic) bond motifs is 1. The number of hydrogen-bond acceptors (Lipinski definition) is 6. The maximum absolute atomic E-state index is 14.5. The second-order valence-electron chi connectivity index (χ2n) is 7.10. The van der Waals surface area contributed by atoms with Gasteiger partial charge in [-0.15, -0.1) is 0 Å². The van der Waals surface area contributed by atoms with Crippen molar-refractivity contribution in [2.75, 3.05) is 48.9 Å². The van der Waals surface area contributed by atoms with Crippen molar-refractivity contribution in [2.24, 2.45) is 0 Å². The van der Waals surface area contributed by atoms with Crippen LogP contribution in [0.2, 0.25) is 0 Å². The van der Waals surface area contributed by atoms with E-state index in [9.17, 15) is 27.1 Å². The first-order valence-electron chi connectivity index (χ1n) is 9.26. The highest BCUT2D eigenvalue weighted by Crippen LogP contribution is 2.64. The summed E-state index contributed by atoms with van der Waals surface area (Å²) in [6.07, 6.45) is -1.06. The normalized spacial score (nSPS) is 15.9. The average Bonchev–Trinajstić information content (AvgIpc) is 2.90. The summed E-state index contributed by atoms with van der Waals surface area (Å²) in [6, 6.07) is 7.25. The molecule has 0 fully saturated rings. The lowest BCUT2D eigenvalue weighted by molar-refractivity contribution is 0.151. The van der Waals surface area contributed by atoms with Crippen molar-refractivity contribution >= 4 is 34.1 Å². The Kier molecular flexibility index (Phi) is 6.55. The quantitative estimate of drug-likeness (QED) is 0.571. The predicted molar refractivity (Wildman–Crippen MR) is 113 cm³/mol. The van der Waals surface area contributed by atoms with Gasteiger partial charge < -0.3 is 14.9 Å². The highest BCUT2D eigenvalue weighted by Gasteiger charge is 2.43. The number of carbonyl (C=O) groups is 1. The largest absolute Gasteiger partial charge is 0.465 e. The summed E-state index contributed by atoms with van der Waals surface area (Å²) in [6.45, 7) is 1.02. The molecule has 0 aliphatic carbocycles. The van der Waals surface area contributed by atoms with Crippen molar-refractivity contribution in [2.45, 2.75) is 0 Å². The van der Waals surface area contributed by atoms with E-state index in [-0.39, 0.29) is 18.8 Å². The van der Waals surface area contributed by atoms with Crippen LogP contribution in [0.4, 0.5) is 35.0 Å². The van der Waals surface area contributed by atoms with Crippen LogP contribution in [0.15, 0.2) is 36.4 Å². The van der Waals surface area contributed by atoms with E-state index in [1.807, 2.05) is 0 Å². The lowest BCUT2D eigenvalue weighted by atomic mass is 10.2. The molecule has 1 aliphatic heterocycles. The minimum absolute atomic E-state index is 0.0769. The highest BCUT2D eigenvalue weighted by atomic mass is 32.3. The lowest BCUT2D eigenvalue weighted by Crippen LogP contribution is -2.39. The summed E-state index contributed by atoms with van der Waals surface area (Å²) in [7, 11) is -0.731. The molecule has 8 nitrogen and oxygen atoms in total. The zero-order valence-corrected chi connectivity index (χ0v) is 17.7. The molecule has 2 aromatic carbocycles. The van der Waals surface area contributed by atoms with E-state index >= 15 is 0 Å². The molecule has 1 heterocycles. The summed E-state index contributed by atoms with van der Waals surface area (Å²) >= 11 is 0. The van der Waals surface area contributed by atoms with Crippen LogP contribution in [0.3, 0.4) is 0 Å². The second kappa shape index (κ2) is 8.83. The number of amides is 1. The highest BCUT2D eigenvalue weighted by molar-refractivity contribution is 8.27. The molecule has 0 spiro atoms. The van der Waals surface area contributed by atoms with Crippen LogP contribution < -0.4 is 8.61 Å². The van der Waals surface area contributed by atoms with Gasteiger partial charge in [-0.1, -0.05) is 12.1 Å². The van der Waals surface area contributed by atoms with Crippen molar-refractivity contribution in [1.29, 1.82) is 0 Å². The molecule has 1 amide bonds. The van der Waals surface area contributed by atoms with E-state index in [0.29, 0.717) is 30.9 Å². The molecule has 1 aliphatic rings. The molecule has 0 radical (unpaired) electrons. The molecular formula is C19H23F3N4O4S. The fourth-order valence-corrected chi connectivity index (χ4v) is 4.99. The Bertz CT molecular complexity index is 958. The zero-order chi connectivity index (χ0) is 22.9. The smallest absolute Gasteiger partial charge is 0.407 e. The molecule has 3 rings (SSSR count). The van der Waals surface area contributed by atoms with Gasteiger partial charge in [0.2, 0.25) is 0 Å². The van der Waals surface area contributed by atoms with Crippen LogP contribution >= 0.6 is 11.0 Å². The monoisotopic (exact) mass is 460 g/mol. The van der Waals surface area contributed by atoms with Gasteiger partial charge in [0.15, 0.2) is 11.6 Å². The molecule has 2 aromatic rings. The Labute approximate surface area is 179 Å². The van der Waals surface area contributed by atoms with Crippen molar-refractivity contribution < 1.29 is 32.2 Å². The van der Waals surface area contributed by atoms with Crippen LogP contribution in [0.5, 0.6) is 0 Å². The third-order valence-corrected chi connectivity index (χ3v) is 6.76. The minimum Gasteiger partial charge on any atom is -0.465 e. The van der Waals surface area contributed by atoms with Crippen molar-refractivity contribution in [3.63, 3.8) is 0 Å². The standard InChI is InChI=1S/C19H23F3N4O4S/c1-23(7-9-24(2)19(27)28)8-10-25-16-5-3-4-6-17(16)26(31(25,29)30)18-14(21)11-13(20)12-15(18)22/h3-6,11-12,29-30H,7-10H2,1-2H3,(H,27,28). The molecule has 0 saturated carbocycles. The lowest BCUT2D eigenvalue weighted by Gasteiger charge is -2.44. The third kappa shape index (κ3) is 4.51. The fraction of sp³-hybridized carbons (Fsp3) is 0.316. The Morgan fingerprint density at radius 2 is 1.58 bits per heavy atom. The van der Waals surface area contributed by atoms with E-state index in [1.54, 1.807) is 30.1 Å². The Morgan fingerprint density at radius 1 is 1.00 bits per heavy atom. The van der Waals surface area contributed by atoms with Crippen molar-refractivity contribution in [3.05, 3.63) is 53.8 Å². The van der Waals surface area contributed by atoms with Crippen molar-refractivity contribution in [1.82, 2.24) is 9.80 Å². The molecule has 0 atom stereocenters. The van der Waals surface area contributed by atoms with E-state index < -0.39 is 40.2 Å². The number of rotatable bonds is 7. The molecule has 3 N–H and O–H groups in total. The van der Waals surface area contributed by atoms with Gasteiger partial charge >= 0.3 is 6.09 Å². The third-order valence-electron chi connectivity index (χ3n) is 4.92. The van der Waals surface area contributed by atoms with Gasteiger partial charge in [0.25, 0.3) is 0 Å². The van der Waals surface area contributed by atoms with Gasteiger partial charge in [0.05, 0.1) is 17.9 Å². The Balaban J connectivity index is 1.86. The van der Waals surface area contributed by atoms with Crippen LogP contribution in [-0.2, 0) is 0 Å². The summed E-state index contributed by atoms with van der Waals surface area (Å²) in [5.41, 5.74) is -0.241. The topological polar surface area (TPSA) is 90.7 Å². The summed E-state index contributed by atoms with van der Waals surface area (Å²) in [5.74, 6) is -3.64. The fourth-order valence-electron chi connectivity index (χ4n) is 3.21. The number of carboxylic acid groups (broad SMARTS) is 1. The maximum Gasteiger partial charge on any atom is 0.407 e. The van der Waals surface area contributed by atoms with E-state index in [2.05, 4.69) is 0 Å². The molecular weight excluding hydrogens is 437 g/mol. The first kappa shape index (κ1) is 23.0. The van der Waals surface area contributed by atoms with Gasteiger partial charge in [-0.3, -0.25) is 13.4 Å². The maximum atomic E-state index is 14.5. The summed E-state index contributed by atoms with van der Waals surface area (Å²) in [5, 5.41) is 8.92. The SMILES string of the molecule is CN(CCN(C)C(=O)O)CCN1c2ccccc2N(c2c(F)cc(F)cc2F)S1(O)O. The number of hydrogen-bond donors (Lipinski definition) is 3. The van der Waals surface area contributed by atoms with E-state index in [0.717, 1.165) is 9.21 Å². The number of halogens is 3. The average molecular weight is 460 g/mol. The number of para-hydroxylation sites is 2. The van der Waals surface area contributed by atoms with Gasteiger partial charge in [-0.05, 0) is 30.1 Å².